The van der Waals surface area contributed by atoms with Crippen molar-refractivity contribution in [2.24, 2.45) is 0 Å². The van der Waals surface area contributed by atoms with Crippen molar-refractivity contribution in [2.75, 3.05) is 13.2 Å². The lowest BCUT2D eigenvalue weighted by atomic mass is 10.1. The van der Waals surface area contributed by atoms with E-state index in [2.05, 4.69) is 4.74 Å². The summed E-state index contributed by atoms with van der Waals surface area (Å²) in [5, 5.41) is 0. The van der Waals surface area contributed by atoms with Gasteiger partial charge in [-0.05, 0) is 13.8 Å². The van der Waals surface area contributed by atoms with E-state index in [-0.39, 0.29) is 25.4 Å². The first kappa shape index (κ1) is 16.5. The highest BCUT2D eigenvalue weighted by atomic mass is 19.4. The molecule has 0 atom stereocenters. The first-order chi connectivity index (χ1) is 8.29. The predicted molar refractivity (Wildman–Crippen MR) is 56.6 cm³/mol. The van der Waals surface area contributed by atoms with Crippen LogP contribution in [0.1, 0.15) is 27.2 Å². The topological polar surface area (TPSA) is 52.6 Å². The van der Waals surface area contributed by atoms with Crippen molar-refractivity contribution < 1.29 is 32.2 Å². The summed E-state index contributed by atoms with van der Waals surface area (Å²) in [4.78, 5) is 22.6. The molecule has 0 spiro atoms. The monoisotopic (exact) mass is 268 g/mol. The third-order valence-electron chi connectivity index (χ3n) is 1.88. The molecule has 0 rings (SSSR count). The van der Waals surface area contributed by atoms with Crippen molar-refractivity contribution in [3.8, 4) is 0 Å². The van der Waals surface area contributed by atoms with Gasteiger partial charge in [0.2, 0.25) is 0 Å². The summed E-state index contributed by atoms with van der Waals surface area (Å²) < 4.78 is 46.5. The van der Waals surface area contributed by atoms with Crippen LogP contribution in [0, 0.1) is 0 Å². The molecule has 0 aliphatic heterocycles. The van der Waals surface area contributed by atoms with E-state index >= 15 is 0 Å². The molecule has 0 aliphatic rings. The summed E-state index contributed by atoms with van der Waals surface area (Å²) in [5.74, 6) is -3.87. The van der Waals surface area contributed by atoms with Crippen molar-refractivity contribution in [3.63, 3.8) is 0 Å². The van der Waals surface area contributed by atoms with Crippen molar-refractivity contribution in [1.29, 1.82) is 0 Å². The van der Waals surface area contributed by atoms with Gasteiger partial charge in [-0.1, -0.05) is 6.92 Å². The Hall–Kier alpha value is -1.53. The van der Waals surface area contributed by atoms with Crippen molar-refractivity contribution >= 4 is 11.8 Å². The zero-order chi connectivity index (χ0) is 14.3. The van der Waals surface area contributed by atoms with Crippen LogP contribution in [0.15, 0.2) is 11.3 Å². The van der Waals surface area contributed by atoms with E-state index < -0.39 is 23.5 Å². The summed E-state index contributed by atoms with van der Waals surface area (Å²) in [5.41, 5.74) is -1.08. The molecular weight excluding hydrogens is 253 g/mol. The van der Waals surface area contributed by atoms with E-state index in [1.165, 1.54) is 20.8 Å². The fourth-order valence-electron chi connectivity index (χ4n) is 1.20. The van der Waals surface area contributed by atoms with Crippen LogP contribution in [0.5, 0.6) is 0 Å². The molecule has 0 aromatic rings. The molecule has 18 heavy (non-hydrogen) atoms. The van der Waals surface area contributed by atoms with Gasteiger partial charge in [0, 0.05) is 6.42 Å². The maximum atomic E-state index is 12.4. The fourth-order valence-corrected chi connectivity index (χ4v) is 1.20. The van der Waals surface area contributed by atoms with Gasteiger partial charge in [0.15, 0.2) is 0 Å². The molecule has 0 saturated heterocycles. The lowest BCUT2D eigenvalue weighted by Gasteiger charge is -2.14. The first-order valence-electron chi connectivity index (χ1n) is 5.44. The molecule has 0 saturated carbocycles. The van der Waals surface area contributed by atoms with Crippen LogP contribution in [0.3, 0.4) is 0 Å². The lowest BCUT2D eigenvalue weighted by Crippen LogP contribution is -2.31. The maximum absolute atomic E-state index is 12.4. The largest absolute Gasteiger partial charge is 0.497 e. The number of hydrogen-bond acceptors (Lipinski definition) is 4. The van der Waals surface area contributed by atoms with Gasteiger partial charge in [0.1, 0.15) is 11.3 Å². The molecule has 0 heterocycles. The number of Topliss-reactive ketones (excluding diaryl/α,β-unsaturated/α-hetero) is 1. The van der Waals surface area contributed by atoms with E-state index in [0.717, 1.165) is 0 Å². The van der Waals surface area contributed by atoms with Gasteiger partial charge >= 0.3 is 12.1 Å². The van der Waals surface area contributed by atoms with E-state index in [4.69, 9.17) is 4.74 Å². The fraction of sp³-hybridized carbons (Fsp3) is 0.636. The third-order valence-corrected chi connectivity index (χ3v) is 1.88. The Bertz CT molecular complexity index is 345. The van der Waals surface area contributed by atoms with Gasteiger partial charge in [-0.2, -0.15) is 13.2 Å². The summed E-state index contributed by atoms with van der Waals surface area (Å²) in [7, 11) is 0. The van der Waals surface area contributed by atoms with Crippen LogP contribution >= 0.6 is 0 Å². The van der Waals surface area contributed by atoms with Crippen LogP contribution in [0.4, 0.5) is 13.2 Å². The summed E-state index contributed by atoms with van der Waals surface area (Å²) in [6.07, 6.45) is -5.15. The van der Waals surface area contributed by atoms with Crippen LogP contribution in [0.2, 0.25) is 0 Å². The highest BCUT2D eigenvalue weighted by Gasteiger charge is 2.45. The Morgan fingerprint density at radius 1 is 1.00 bits per heavy atom. The molecule has 0 bridgehead atoms. The lowest BCUT2D eigenvalue weighted by molar-refractivity contribution is -0.169. The Labute approximate surface area is 103 Å². The van der Waals surface area contributed by atoms with E-state index in [9.17, 15) is 22.8 Å². The molecule has 0 aromatic heterocycles. The average molecular weight is 268 g/mol. The minimum Gasteiger partial charge on any atom is -0.497 e. The molecule has 104 valence electrons. The standard InChI is InChI=1S/C11H15F3O4/c1-4-7(17-5-2)8(10(16)18-6-3)9(15)11(12,13)14/h4-6H2,1-3H3/b8-7-. The van der Waals surface area contributed by atoms with Crippen LogP contribution < -0.4 is 0 Å². The number of alkyl halides is 3. The molecule has 0 aliphatic carbocycles. The van der Waals surface area contributed by atoms with E-state index in [0.29, 0.717) is 0 Å². The Kier molecular flexibility index (Phi) is 6.43. The summed E-state index contributed by atoms with van der Waals surface area (Å²) >= 11 is 0. The van der Waals surface area contributed by atoms with Gasteiger partial charge in [0.05, 0.1) is 13.2 Å². The van der Waals surface area contributed by atoms with Crippen LogP contribution in [0.25, 0.3) is 0 Å². The third kappa shape index (κ3) is 4.38. The molecule has 4 nitrogen and oxygen atoms in total. The molecule has 0 radical (unpaired) electrons. The number of rotatable bonds is 6. The molecule has 0 aromatic carbocycles. The highest BCUT2D eigenvalue weighted by Crippen LogP contribution is 2.25. The smallest absolute Gasteiger partial charge is 0.455 e. The normalized spacial score (nSPS) is 12.8. The average Bonchev–Trinajstić information content (AvgIpc) is 2.27. The van der Waals surface area contributed by atoms with Gasteiger partial charge in [-0.3, -0.25) is 4.79 Å². The number of halogens is 3. The van der Waals surface area contributed by atoms with Gasteiger partial charge in [-0.15, -0.1) is 0 Å². The van der Waals surface area contributed by atoms with Gasteiger partial charge < -0.3 is 9.47 Å². The molecule has 0 amide bonds. The molecule has 0 fully saturated rings. The number of hydrogen-bond donors (Lipinski definition) is 0. The zero-order valence-corrected chi connectivity index (χ0v) is 10.4. The summed E-state index contributed by atoms with van der Waals surface area (Å²) in [6, 6.07) is 0. The maximum Gasteiger partial charge on any atom is 0.455 e. The van der Waals surface area contributed by atoms with Crippen molar-refractivity contribution in [3.05, 3.63) is 11.3 Å². The number of carbonyl (C=O) groups excluding carboxylic acids is 2. The van der Waals surface area contributed by atoms with Crippen molar-refractivity contribution in [1.82, 2.24) is 0 Å². The van der Waals surface area contributed by atoms with Gasteiger partial charge in [-0.25, -0.2) is 4.79 Å². The Balaban J connectivity index is 5.55. The SMILES string of the molecule is CCOC(=O)/C(C(=O)C(F)(F)F)=C(/CC)OCC. The second-order valence-corrected chi connectivity index (χ2v) is 3.13. The molecule has 7 heteroatoms. The minimum atomic E-state index is -5.14. The molecule has 0 unspecified atom stereocenters. The second kappa shape index (κ2) is 7.03. The number of ether oxygens (including phenoxy) is 2. The first-order valence-corrected chi connectivity index (χ1v) is 5.44. The number of carbonyl (C=O) groups is 2. The molecular formula is C11H15F3O4. The van der Waals surface area contributed by atoms with E-state index in [1.807, 2.05) is 0 Å². The number of allylic oxidation sites excluding steroid dienone is 1. The van der Waals surface area contributed by atoms with Crippen molar-refractivity contribution in [2.45, 2.75) is 33.4 Å². The quantitative estimate of drug-likeness (QED) is 0.244. The van der Waals surface area contributed by atoms with Gasteiger partial charge in [0.25, 0.3) is 5.78 Å². The predicted octanol–water partition coefficient (Wildman–Crippen LogP) is 2.38. The highest BCUT2D eigenvalue weighted by molar-refractivity contribution is 6.19. The Morgan fingerprint density at radius 3 is 1.83 bits per heavy atom. The molecule has 0 N–H and O–H groups in total. The second-order valence-electron chi connectivity index (χ2n) is 3.13. The van der Waals surface area contributed by atoms with Crippen LogP contribution in [-0.4, -0.2) is 31.1 Å². The number of ketones is 1. The number of esters is 1. The van der Waals surface area contributed by atoms with E-state index in [1.54, 1.807) is 0 Å². The minimum absolute atomic E-state index is 0.0101. The zero-order valence-electron chi connectivity index (χ0n) is 10.4. The Morgan fingerprint density at radius 2 is 1.50 bits per heavy atom. The summed E-state index contributed by atoms with van der Waals surface area (Å²) in [6.45, 7) is 4.37. The van der Waals surface area contributed by atoms with Crippen LogP contribution in [-0.2, 0) is 19.1 Å².